The van der Waals surface area contributed by atoms with Crippen LogP contribution in [0.1, 0.15) is 18.4 Å². The van der Waals surface area contributed by atoms with Crippen LogP contribution in [0.25, 0.3) is 0 Å². The summed E-state index contributed by atoms with van der Waals surface area (Å²) in [6.45, 7) is 2.78. The zero-order chi connectivity index (χ0) is 17.2. The predicted octanol–water partition coefficient (Wildman–Crippen LogP) is 3.30. The molecule has 0 saturated carbocycles. The number of methoxy groups -OCH3 is 1. The number of rotatable bonds is 5. The molecule has 2 heterocycles. The van der Waals surface area contributed by atoms with E-state index in [4.69, 9.17) is 9.47 Å². The first-order valence-corrected chi connectivity index (χ1v) is 10.2. The predicted molar refractivity (Wildman–Crippen MR) is 94.5 cm³/mol. The number of hydrogen-bond acceptors (Lipinski definition) is 5. The summed E-state index contributed by atoms with van der Waals surface area (Å²) in [6, 6.07) is 7.15. The van der Waals surface area contributed by atoms with E-state index in [1.54, 1.807) is 23.5 Å². The molecule has 0 spiro atoms. The van der Waals surface area contributed by atoms with Crippen molar-refractivity contribution in [2.24, 2.45) is 0 Å². The van der Waals surface area contributed by atoms with Crippen molar-refractivity contribution in [1.29, 1.82) is 0 Å². The van der Waals surface area contributed by atoms with Crippen molar-refractivity contribution >= 4 is 21.4 Å². The van der Waals surface area contributed by atoms with E-state index in [0.29, 0.717) is 31.7 Å². The summed E-state index contributed by atoms with van der Waals surface area (Å²) < 4.78 is 38.6. The van der Waals surface area contributed by atoms with Crippen molar-refractivity contribution in [2.45, 2.75) is 30.8 Å². The lowest BCUT2D eigenvalue weighted by atomic mass is 10.1. The van der Waals surface area contributed by atoms with Crippen LogP contribution >= 0.6 is 11.3 Å². The minimum Gasteiger partial charge on any atom is -0.495 e. The SMILES string of the molecule is COc1ccc(C)cc1S(=O)(=O)N1CCC(Oc2ccsc2)CC1. The van der Waals surface area contributed by atoms with Gasteiger partial charge in [0.25, 0.3) is 0 Å². The first-order chi connectivity index (χ1) is 11.5. The van der Waals surface area contributed by atoms with E-state index in [9.17, 15) is 8.42 Å². The van der Waals surface area contributed by atoms with Gasteiger partial charge < -0.3 is 9.47 Å². The third-order valence-electron chi connectivity index (χ3n) is 4.14. The highest BCUT2D eigenvalue weighted by atomic mass is 32.2. The molecule has 0 unspecified atom stereocenters. The van der Waals surface area contributed by atoms with Crippen LogP contribution in [-0.4, -0.2) is 39.0 Å². The summed E-state index contributed by atoms with van der Waals surface area (Å²) in [6.07, 6.45) is 1.43. The first kappa shape index (κ1) is 17.3. The van der Waals surface area contributed by atoms with Gasteiger partial charge in [-0.05, 0) is 48.9 Å². The quantitative estimate of drug-likeness (QED) is 0.814. The van der Waals surface area contributed by atoms with Crippen molar-refractivity contribution in [3.05, 3.63) is 40.6 Å². The maximum Gasteiger partial charge on any atom is 0.246 e. The Morgan fingerprint density at radius 3 is 2.58 bits per heavy atom. The van der Waals surface area contributed by atoms with Crippen molar-refractivity contribution in [3.63, 3.8) is 0 Å². The molecule has 1 aliphatic rings. The smallest absolute Gasteiger partial charge is 0.246 e. The molecule has 5 nitrogen and oxygen atoms in total. The maximum absolute atomic E-state index is 12.9. The van der Waals surface area contributed by atoms with Crippen LogP contribution in [0.4, 0.5) is 0 Å². The summed E-state index contributed by atoms with van der Waals surface area (Å²) >= 11 is 1.59. The fourth-order valence-electron chi connectivity index (χ4n) is 2.83. The van der Waals surface area contributed by atoms with E-state index < -0.39 is 10.0 Å². The summed E-state index contributed by atoms with van der Waals surface area (Å²) in [5.41, 5.74) is 0.894. The summed E-state index contributed by atoms with van der Waals surface area (Å²) in [4.78, 5) is 0.238. The highest BCUT2D eigenvalue weighted by molar-refractivity contribution is 7.89. The van der Waals surface area contributed by atoms with Crippen LogP contribution in [0.3, 0.4) is 0 Å². The molecule has 1 fully saturated rings. The molecule has 3 rings (SSSR count). The van der Waals surface area contributed by atoms with Gasteiger partial charge in [0, 0.05) is 18.5 Å². The molecule has 1 aliphatic heterocycles. The lowest BCUT2D eigenvalue weighted by Gasteiger charge is -2.31. The van der Waals surface area contributed by atoms with Crippen LogP contribution in [-0.2, 0) is 10.0 Å². The second kappa shape index (κ2) is 7.13. The highest BCUT2D eigenvalue weighted by Gasteiger charge is 2.32. The van der Waals surface area contributed by atoms with E-state index in [1.807, 2.05) is 29.8 Å². The molecule has 130 valence electrons. The van der Waals surface area contributed by atoms with Gasteiger partial charge in [-0.25, -0.2) is 8.42 Å². The largest absolute Gasteiger partial charge is 0.495 e. The fourth-order valence-corrected chi connectivity index (χ4v) is 5.10. The lowest BCUT2D eigenvalue weighted by molar-refractivity contribution is 0.135. The first-order valence-electron chi connectivity index (χ1n) is 7.84. The normalized spacial score (nSPS) is 16.9. The van der Waals surface area contributed by atoms with Gasteiger partial charge in [-0.15, -0.1) is 11.3 Å². The Labute approximate surface area is 146 Å². The van der Waals surface area contributed by atoms with Crippen molar-refractivity contribution < 1.29 is 17.9 Å². The zero-order valence-electron chi connectivity index (χ0n) is 13.8. The minimum atomic E-state index is -3.56. The summed E-state index contributed by atoms with van der Waals surface area (Å²) in [7, 11) is -2.07. The van der Waals surface area contributed by atoms with Crippen LogP contribution in [0.2, 0.25) is 0 Å². The maximum atomic E-state index is 12.9. The van der Waals surface area contributed by atoms with Crippen molar-refractivity contribution in [1.82, 2.24) is 4.31 Å². The van der Waals surface area contributed by atoms with Gasteiger partial charge >= 0.3 is 0 Å². The lowest BCUT2D eigenvalue weighted by Crippen LogP contribution is -2.41. The van der Waals surface area contributed by atoms with Gasteiger partial charge in [0.05, 0.1) is 7.11 Å². The second-order valence-electron chi connectivity index (χ2n) is 5.83. The average Bonchev–Trinajstić information content (AvgIpc) is 3.08. The Balaban J connectivity index is 1.72. The van der Waals surface area contributed by atoms with Gasteiger partial charge in [0.2, 0.25) is 10.0 Å². The Morgan fingerprint density at radius 2 is 1.96 bits per heavy atom. The second-order valence-corrected chi connectivity index (χ2v) is 8.52. The Hall–Kier alpha value is -1.57. The van der Waals surface area contributed by atoms with Crippen LogP contribution in [0.15, 0.2) is 39.9 Å². The number of aryl methyl sites for hydroxylation is 1. The summed E-state index contributed by atoms with van der Waals surface area (Å²) in [5.74, 6) is 1.25. The van der Waals surface area contributed by atoms with Crippen molar-refractivity contribution in [2.75, 3.05) is 20.2 Å². The van der Waals surface area contributed by atoms with Crippen molar-refractivity contribution in [3.8, 4) is 11.5 Å². The van der Waals surface area contributed by atoms with Crippen LogP contribution in [0, 0.1) is 6.92 Å². The molecule has 0 atom stereocenters. The molecular weight excluding hydrogens is 346 g/mol. The molecule has 2 aromatic rings. The van der Waals surface area contributed by atoms with E-state index >= 15 is 0 Å². The molecule has 7 heteroatoms. The van der Waals surface area contributed by atoms with Gasteiger partial charge in [-0.2, -0.15) is 4.31 Å². The van der Waals surface area contributed by atoms with Gasteiger partial charge in [-0.1, -0.05) is 6.07 Å². The number of benzene rings is 1. The number of piperidine rings is 1. The van der Waals surface area contributed by atoms with Crippen LogP contribution in [0.5, 0.6) is 11.5 Å². The van der Waals surface area contributed by atoms with Gasteiger partial charge in [0.15, 0.2) is 0 Å². The third-order valence-corrected chi connectivity index (χ3v) is 6.72. The molecule has 0 amide bonds. The van der Waals surface area contributed by atoms with E-state index in [0.717, 1.165) is 11.3 Å². The molecule has 0 radical (unpaired) electrons. The van der Waals surface area contributed by atoms with Crippen LogP contribution < -0.4 is 9.47 Å². The van der Waals surface area contributed by atoms with E-state index in [-0.39, 0.29) is 11.0 Å². The average molecular weight is 367 g/mol. The number of hydrogen-bond donors (Lipinski definition) is 0. The molecule has 0 bridgehead atoms. The molecule has 1 aromatic heterocycles. The molecule has 1 saturated heterocycles. The standard InChI is InChI=1S/C17H21NO4S2/c1-13-3-4-16(21-2)17(11-13)24(19,20)18-8-5-14(6-9-18)22-15-7-10-23-12-15/h3-4,7,10-12,14H,5-6,8-9H2,1-2H3. The number of thiophene rings is 1. The molecule has 24 heavy (non-hydrogen) atoms. The topological polar surface area (TPSA) is 55.8 Å². The number of ether oxygens (including phenoxy) is 2. The van der Waals surface area contributed by atoms with E-state index in [1.165, 1.54) is 11.4 Å². The Kier molecular flexibility index (Phi) is 5.12. The molecule has 1 aromatic carbocycles. The van der Waals surface area contributed by atoms with E-state index in [2.05, 4.69) is 0 Å². The van der Waals surface area contributed by atoms with Gasteiger partial charge in [-0.3, -0.25) is 0 Å². The highest BCUT2D eigenvalue weighted by Crippen LogP contribution is 2.30. The monoisotopic (exact) mass is 367 g/mol. The number of nitrogens with zero attached hydrogens (tertiary/aromatic N) is 1. The molecule has 0 N–H and O–H groups in total. The minimum absolute atomic E-state index is 0.0606. The molecule has 0 aliphatic carbocycles. The third kappa shape index (κ3) is 3.58. The zero-order valence-corrected chi connectivity index (χ0v) is 15.4. The molecular formula is C17H21NO4S2. The Bertz CT molecular complexity index is 779. The Morgan fingerprint density at radius 1 is 1.21 bits per heavy atom. The number of sulfonamides is 1. The fraction of sp³-hybridized carbons (Fsp3) is 0.412. The summed E-state index contributed by atoms with van der Waals surface area (Å²) in [5, 5.41) is 3.93. The van der Waals surface area contributed by atoms with Gasteiger partial charge in [0.1, 0.15) is 22.5 Å².